The van der Waals surface area contributed by atoms with Crippen LogP contribution in [0.2, 0.25) is 5.02 Å². The van der Waals surface area contributed by atoms with E-state index in [1.807, 2.05) is 49.4 Å². The van der Waals surface area contributed by atoms with Crippen molar-refractivity contribution in [2.24, 2.45) is 5.10 Å². The maximum Gasteiger partial charge on any atom is 0.317 e. The number of carbonyl (C=O) groups is 2. The Hall–Kier alpha value is -3.10. The van der Waals surface area contributed by atoms with Gasteiger partial charge < -0.3 is 19.7 Å². The van der Waals surface area contributed by atoms with Crippen molar-refractivity contribution in [3.05, 3.63) is 64.7 Å². The summed E-state index contributed by atoms with van der Waals surface area (Å²) in [4.78, 5) is 27.6. The number of hydrogen-bond donors (Lipinski definition) is 1. The van der Waals surface area contributed by atoms with E-state index in [4.69, 9.17) is 21.1 Å². The van der Waals surface area contributed by atoms with E-state index in [0.29, 0.717) is 36.1 Å². The first kappa shape index (κ1) is 25.5. The van der Waals surface area contributed by atoms with Crippen molar-refractivity contribution in [2.45, 2.75) is 25.8 Å². The fourth-order valence-corrected chi connectivity index (χ4v) is 4.06. The highest BCUT2D eigenvalue weighted by molar-refractivity contribution is 6.34. The van der Waals surface area contributed by atoms with E-state index in [0.717, 1.165) is 17.5 Å². The van der Waals surface area contributed by atoms with Gasteiger partial charge in [0.25, 0.3) is 5.91 Å². The summed E-state index contributed by atoms with van der Waals surface area (Å²) in [6.45, 7) is 2.96. The maximum absolute atomic E-state index is 13.5. The Kier molecular flexibility index (Phi) is 9.30. The third-order valence-corrected chi connectivity index (χ3v) is 5.88. The summed E-state index contributed by atoms with van der Waals surface area (Å²) in [6, 6.07) is 14.3. The van der Waals surface area contributed by atoms with Crippen molar-refractivity contribution in [3.63, 3.8) is 0 Å². The normalized spacial score (nSPS) is 15.1. The molecule has 8 nitrogen and oxygen atoms in total. The Balaban J connectivity index is 1.92. The number of hydrogen-bond acceptors (Lipinski definition) is 5. The van der Waals surface area contributed by atoms with Gasteiger partial charge in [0, 0.05) is 42.8 Å². The number of urea groups is 1. The van der Waals surface area contributed by atoms with Gasteiger partial charge in [0.1, 0.15) is 12.3 Å². The Bertz CT molecular complexity index is 1030. The Morgan fingerprint density at radius 2 is 1.91 bits per heavy atom. The Morgan fingerprint density at radius 1 is 1.18 bits per heavy atom. The zero-order valence-electron chi connectivity index (χ0n) is 19.8. The third-order valence-electron chi connectivity index (χ3n) is 5.55. The van der Waals surface area contributed by atoms with Gasteiger partial charge >= 0.3 is 6.03 Å². The summed E-state index contributed by atoms with van der Waals surface area (Å²) < 4.78 is 10.7. The number of nitrogens with zero attached hydrogens (tertiary/aromatic N) is 3. The minimum absolute atomic E-state index is 0.135. The molecule has 0 fully saturated rings. The van der Waals surface area contributed by atoms with E-state index >= 15 is 0 Å². The van der Waals surface area contributed by atoms with Crippen molar-refractivity contribution >= 4 is 29.3 Å². The van der Waals surface area contributed by atoms with Crippen molar-refractivity contribution in [1.29, 1.82) is 0 Å². The van der Waals surface area contributed by atoms with Crippen LogP contribution in [0.4, 0.5) is 4.79 Å². The number of methoxy groups -OCH3 is 2. The van der Waals surface area contributed by atoms with Gasteiger partial charge in [0.15, 0.2) is 0 Å². The lowest BCUT2D eigenvalue weighted by Gasteiger charge is -2.27. The lowest BCUT2D eigenvalue weighted by atomic mass is 9.97. The van der Waals surface area contributed by atoms with Crippen LogP contribution in [0.3, 0.4) is 0 Å². The monoisotopic (exact) mass is 486 g/mol. The fourth-order valence-electron chi connectivity index (χ4n) is 3.82. The number of amides is 3. The molecular weight excluding hydrogens is 456 g/mol. The largest absolute Gasteiger partial charge is 0.496 e. The smallest absolute Gasteiger partial charge is 0.317 e. The first-order chi connectivity index (χ1) is 16.5. The molecule has 0 saturated heterocycles. The van der Waals surface area contributed by atoms with E-state index in [1.165, 1.54) is 9.91 Å². The van der Waals surface area contributed by atoms with Gasteiger partial charge in [-0.15, -0.1) is 0 Å². The van der Waals surface area contributed by atoms with Crippen molar-refractivity contribution in [1.82, 2.24) is 15.2 Å². The number of halogens is 1. The molecule has 0 spiro atoms. The zero-order valence-corrected chi connectivity index (χ0v) is 20.5. The minimum Gasteiger partial charge on any atom is -0.496 e. The number of para-hydroxylation sites is 1. The summed E-state index contributed by atoms with van der Waals surface area (Å²) in [5, 5.41) is 9.52. The molecule has 1 aliphatic rings. The van der Waals surface area contributed by atoms with Crippen LogP contribution in [-0.4, -0.2) is 68.0 Å². The molecule has 0 aromatic heterocycles. The van der Waals surface area contributed by atoms with Crippen molar-refractivity contribution in [3.8, 4) is 5.75 Å². The maximum atomic E-state index is 13.5. The van der Waals surface area contributed by atoms with Gasteiger partial charge in [-0.3, -0.25) is 4.79 Å². The van der Waals surface area contributed by atoms with Crippen molar-refractivity contribution in [2.75, 3.05) is 40.5 Å². The lowest BCUT2D eigenvalue weighted by Crippen LogP contribution is -2.47. The van der Waals surface area contributed by atoms with Crippen LogP contribution in [-0.2, 0) is 9.53 Å². The highest BCUT2D eigenvalue weighted by Gasteiger charge is 2.36. The van der Waals surface area contributed by atoms with Gasteiger partial charge in [0.2, 0.25) is 0 Å². The van der Waals surface area contributed by atoms with Crippen LogP contribution in [0, 0.1) is 0 Å². The minimum atomic E-state index is -0.391. The first-order valence-electron chi connectivity index (χ1n) is 11.3. The number of rotatable bonds is 10. The van der Waals surface area contributed by atoms with Gasteiger partial charge in [-0.1, -0.05) is 54.9 Å². The first-order valence-corrected chi connectivity index (χ1v) is 11.7. The predicted molar refractivity (Wildman–Crippen MR) is 132 cm³/mol. The molecule has 0 unspecified atom stereocenters. The summed E-state index contributed by atoms with van der Waals surface area (Å²) in [6.07, 6.45) is 1.27. The fraction of sp³-hybridized carbons (Fsp3) is 0.400. The molecule has 34 heavy (non-hydrogen) atoms. The molecule has 3 amide bonds. The lowest BCUT2D eigenvalue weighted by molar-refractivity contribution is -0.133. The molecule has 0 aliphatic carbocycles. The Labute approximate surface area is 205 Å². The van der Waals surface area contributed by atoms with Crippen molar-refractivity contribution < 1.29 is 19.1 Å². The van der Waals surface area contributed by atoms with Crippen LogP contribution in [0.15, 0.2) is 53.6 Å². The zero-order chi connectivity index (χ0) is 24.5. The molecule has 3 rings (SSSR count). The predicted octanol–water partition coefficient (Wildman–Crippen LogP) is 4.09. The van der Waals surface area contributed by atoms with Gasteiger partial charge in [-0.2, -0.15) is 5.10 Å². The standard InChI is InChI=1S/C25H31ClN4O4/c1-4-13-27-25(32)29(14-15-33-2)17-24(31)30-22(19-10-6-8-12-23(19)34-3)16-21(28-30)18-9-5-7-11-20(18)26/h5-12,22H,4,13-17H2,1-3H3,(H,27,32)/t22-/m1/s1. The van der Waals surface area contributed by atoms with Gasteiger partial charge in [0.05, 0.1) is 25.5 Å². The highest BCUT2D eigenvalue weighted by atomic mass is 35.5. The molecular formula is C25H31ClN4O4. The second kappa shape index (κ2) is 12.4. The van der Waals surface area contributed by atoms with E-state index in [9.17, 15) is 9.59 Å². The number of benzene rings is 2. The molecule has 0 saturated carbocycles. The summed E-state index contributed by atoms with van der Waals surface area (Å²) in [5.41, 5.74) is 2.31. The van der Waals surface area contributed by atoms with Crippen LogP contribution < -0.4 is 10.1 Å². The third kappa shape index (κ3) is 6.07. The average molecular weight is 487 g/mol. The second-order valence-corrected chi connectivity index (χ2v) is 8.28. The number of hydrazone groups is 1. The quantitative estimate of drug-likeness (QED) is 0.548. The molecule has 0 bridgehead atoms. The molecule has 1 N–H and O–H groups in total. The van der Waals surface area contributed by atoms with E-state index < -0.39 is 6.04 Å². The van der Waals surface area contributed by atoms with Crippen LogP contribution >= 0.6 is 11.6 Å². The van der Waals surface area contributed by atoms with E-state index in [-0.39, 0.29) is 25.0 Å². The molecule has 1 atom stereocenters. The second-order valence-electron chi connectivity index (χ2n) is 7.87. The van der Waals surface area contributed by atoms with E-state index in [2.05, 4.69) is 10.4 Å². The molecule has 2 aromatic rings. The van der Waals surface area contributed by atoms with Crippen LogP contribution in [0.25, 0.3) is 0 Å². The molecule has 1 aliphatic heterocycles. The molecule has 2 aromatic carbocycles. The number of ether oxygens (including phenoxy) is 2. The van der Waals surface area contributed by atoms with Crippen LogP contribution in [0.1, 0.15) is 36.9 Å². The topological polar surface area (TPSA) is 83.5 Å². The molecule has 182 valence electrons. The van der Waals surface area contributed by atoms with Gasteiger partial charge in [-0.25, -0.2) is 9.80 Å². The summed E-state index contributed by atoms with van der Waals surface area (Å²) in [5.74, 6) is 0.360. The van der Waals surface area contributed by atoms with Gasteiger partial charge in [-0.05, 0) is 18.6 Å². The highest BCUT2D eigenvalue weighted by Crippen LogP contribution is 2.38. The SMILES string of the molecule is CCCNC(=O)N(CCOC)CC(=O)N1N=C(c2ccccc2Cl)C[C@@H]1c1ccccc1OC. The average Bonchev–Trinajstić information content (AvgIpc) is 3.30. The van der Waals surface area contributed by atoms with Crippen LogP contribution in [0.5, 0.6) is 5.75 Å². The Morgan fingerprint density at radius 3 is 2.62 bits per heavy atom. The van der Waals surface area contributed by atoms with E-state index in [1.54, 1.807) is 20.3 Å². The molecule has 9 heteroatoms. The molecule has 1 heterocycles. The molecule has 0 radical (unpaired) electrons. The summed E-state index contributed by atoms with van der Waals surface area (Å²) >= 11 is 6.43. The number of nitrogens with one attached hydrogen (secondary N) is 1. The summed E-state index contributed by atoms with van der Waals surface area (Å²) in [7, 11) is 3.16. The number of carbonyl (C=O) groups excluding carboxylic acids is 2.